The van der Waals surface area contributed by atoms with E-state index in [9.17, 15) is 23.9 Å². The third kappa shape index (κ3) is 3.89. The van der Waals surface area contributed by atoms with Crippen molar-refractivity contribution in [3.05, 3.63) is 33.9 Å². The van der Waals surface area contributed by atoms with Crippen molar-refractivity contribution >= 4 is 28.8 Å². The van der Waals surface area contributed by atoms with Crippen molar-refractivity contribution in [1.29, 1.82) is 0 Å². The Labute approximate surface area is 173 Å². The van der Waals surface area contributed by atoms with Gasteiger partial charge in [0, 0.05) is 38.8 Å². The molecule has 2 aromatic rings. The maximum Gasteiger partial charge on any atom is 0.341 e. The Kier molecular flexibility index (Phi) is 6.40. The Hall–Kier alpha value is -2.94. The summed E-state index contributed by atoms with van der Waals surface area (Å²) in [5.74, 6) is -1.54. The largest absolute Gasteiger partial charge is 0.487 e. The summed E-state index contributed by atoms with van der Waals surface area (Å²) >= 11 is 0. The van der Waals surface area contributed by atoms with E-state index in [4.69, 9.17) is 4.74 Å². The number of carboxylic acids is 1. The fourth-order valence-electron chi connectivity index (χ4n) is 3.69. The third-order valence-electron chi connectivity index (χ3n) is 5.36. The van der Waals surface area contributed by atoms with Crippen LogP contribution in [-0.4, -0.2) is 66.7 Å². The molecule has 9 heteroatoms. The Morgan fingerprint density at radius 2 is 1.97 bits per heavy atom. The highest BCUT2D eigenvalue weighted by Crippen LogP contribution is 2.42. The molecule has 1 aromatic carbocycles. The van der Waals surface area contributed by atoms with E-state index < -0.39 is 17.2 Å². The molecule has 162 valence electrons. The molecule has 2 aliphatic heterocycles. The molecule has 1 saturated heterocycles. The summed E-state index contributed by atoms with van der Waals surface area (Å²) in [6, 6.07) is 0.994. The van der Waals surface area contributed by atoms with E-state index >= 15 is 0 Å². The van der Waals surface area contributed by atoms with Gasteiger partial charge in [0.05, 0.1) is 16.9 Å². The van der Waals surface area contributed by atoms with Gasteiger partial charge in [-0.2, -0.15) is 0 Å². The Balaban J connectivity index is 0.000000589. The van der Waals surface area contributed by atoms with Gasteiger partial charge in [-0.3, -0.25) is 4.79 Å². The third-order valence-corrected chi connectivity index (χ3v) is 5.36. The molecular formula is C21H26FN3O5. The molecule has 3 heterocycles. The first kappa shape index (κ1) is 21.8. The number of aromatic nitrogens is 1. The second kappa shape index (κ2) is 8.83. The predicted octanol–water partition coefficient (Wildman–Crippen LogP) is 2.14. The molecule has 1 fully saturated rings. The van der Waals surface area contributed by atoms with Crippen LogP contribution in [0.15, 0.2) is 17.1 Å². The van der Waals surface area contributed by atoms with Gasteiger partial charge in [-0.05, 0) is 20.0 Å². The Morgan fingerprint density at radius 3 is 2.53 bits per heavy atom. The molecule has 30 heavy (non-hydrogen) atoms. The van der Waals surface area contributed by atoms with Gasteiger partial charge < -0.3 is 29.0 Å². The zero-order chi connectivity index (χ0) is 22.0. The predicted molar refractivity (Wildman–Crippen MR) is 111 cm³/mol. The first-order valence-electron chi connectivity index (χ1n) is 9.94. The van der Waals surface area contributed by atoms with E-state index in [1.165, 1.54) is 6.20 Å². The van der Waals surface area contributed by atoms with Crippen molar-refractivity contribution in [2.75, 3.05) is 44.7 Å². The first-order chi connectivity index (χ1) is 14.3. The van der Waals surface area contributed by atoms with Crippen LogP contribution in [0.2, 0.25) is 0 Å². The second-order valence-electron chi connectivity index (χ2n) is 7.54. The summed E-state index contributed by atoms with van der Waals surface area (Å²) in [7, 11) is 2.02. The number of likely N-dealkylation sites (N-methyl/N-ethyl adjacent to an activating group) is 1. The van der Waals surface area contributed by atoms with Gasteiger partial charge in [0.1, 0.15) is 24.1 Å². The van der Waals surface area contributed by atoms with Crippen LogP contribution in [0.4, 0.5) is 10.1 Å². The van der Waals surface area contributed by atoms with Crippen molar-refractivity contribution < 1.29 is 23.8 Å². The second-order valence-corrected chi connectivity index (χ2v) is 7.54. The number of hydrogen-bond acceptors (Lipinski definition) is 6. The van der Waals surface area contributed by atoms with Crippen molar-refractivity contribution in [3.8, 4) is 5.75 Å². The smallest absolute Gasteiger partial charge is 0.341 e. The summed E-state index contributed by atoms with van der Waals surface area (Å²) in [6.45, 7) is 6.89. The van der Waals surface area contributed by atoms with E-state index in [1.807, 2.05) is 25.8 Å². The van der Waals surface area contributed by atoms with Crippen LogP contribution in [0.1, 0.15) is 36.7 Å². The molecule has 0 saturated carbocycles. The molecule has 0 radical (unpaired) electrons. The molecule has 1 N–H and O–H groups in total. The summed E-state index contributed by atoms with van der Waals surface area (Å²) in [4.78, 5) is 37.3. The number of anilines is 1. The number of hydrogen-bond donors (Lipinski definition) is 1. The number of ether oxygens (including phenoxy) is 1. The van der Waals surface area contributed by atoms with E-state index in [0.29, 0.717) is 36.5 Å². The van der Waals surface area contributed by atoms with E-state index in [-0.39, 0.29) is 23.6 Å². The number of rotatable bonds is 3. The minimum Gasteiger partial charge on any atom is -0.487 e. The van der Waals surface area contributed by atoms with Gasteiger partial charge in [-0.25, -0.2) is 9.18 Å². The van der Waals surface area contributed by atoms with Crippen LogP contribution in [0.5, 0.6) is 5.75 Å². The van der Waals surface area contributed by atoms with E-state index in [1.54, 1.807) is 4.57 Å². The van der Waals surface area contributed by atoms with Crippen LogP contribution < -0.4 is 15.1 Å². The van der Waals surface area contributed by atoms with Gasteiger partial charge in [0.25, 0.3) is 0 Å². The number of pyridine rings is 1. The van der Waals surface area contributed by atoms with E-state index in [0.717, 1.165) is 25.4 Å². The lowest BCUT2D eigenvalue weighted by molar-refractivity contribution is -0.107. The van der Waals surface area contributed by atoms with Crippen molar-refractivity contribution in [2.45, 2.75) is 26.3 Å². The minimum atomic E-state index is -1.32. The maximum atomic E-state index is 15.0. The number of halogens is 1. The lowest BCUT2D eigenvalue weighted by Crippen LogP contribution is -2.45. The average molecular weight is 419 g/mol. The van der Waals surface area contributed by atoms with Crippen molar-refractivity contribution in [2.24, 2.45) is 0 Å². The number of aromatic carboxylic acids is 1. The van der Waals surface area contributed by atoms with E-state index in [2.05, 4.69) is 4.90 Å². The number of benzene rings is 1. The first-order valence-corrected chi connectivity index (χ1v) is 9.94. The summed E-state index contributed by atoms with van der Waals surface area (Å²) in [6.07, 6.45) is 2.86. The lowest BCUT2D eigenvalue weighted by atomic mass is 10.1. The fourth-order valence-corrected chi connectivity index (χ4v) is 3.69. The Morgan fingerprint density at radius 1 is 1.33 bits per heavy atom. The lowest BCUT2D eigenvalue weighted by Gasteiger charge is -2.37. The summed E-state index contributed by atoms with van der Waals surface area (Å²) in [5, 5.41) is 9.36. The molecule has 0 spiro atoms. The number of carboxylic acid groups (broad SMARTS) is 1. The highest BCUT2D eigenvalue weighted by molar-refractivity contribution is 5.97. The molecule has 0 aliphatic carbocycles. The molecule has 1 aromatic heterocycles. The SMILES string of the molecule is CCC=O.C[C@H]1COc2c(N3CCN(C)CC3)c(F)cc3c(=O)c(C(=O)O)cn1c23. The van der Waals surface area contributed by atoms with Crippen LogP contribution in [0, 0.1) is 5.82 Å². The summed E-state index contributed by atoms with van der Waals surface area (Å²) in [5.41, 5.74) is -0.224. The normalized spacial score (nSPS) is 18.4. The van der Waals surface area contributed by atoms with Gasteiger partial charge in [-0.15, -0.1) is 0 Å². The molecule has 0 amide bonds. The summed E-state index contributed by atoms with van der Waals surface area (Å²) < 4.78 is 22.6. The molecule has 0 bridgehead atoms. The highest BCUT2D eigenvalue weighted by Gasteiger charge is 2.30. The molecule has 0 unspecified atom stereocenters. The number of carbonyl (C=O) groups excluding carboxylic acids is 1. The monoisotopic (exact) mass is 419 g/mol. The standard InChI is InChI=1S/C18H20FN3O4.C3H6O/c1-10-9-26-17-14-11(16(23)12(18(24)25)8-22(10)14)7-13(19)15(17)21-5-3-20(2)4-6-21;1-2-3-4/h7-8,10H,3-6,9H2,1-2H3,(H,24,25);3H,2H2,1H3/t10-;/m0./s1. The van der Waals surface area contributed by atoms with Crippen LogP contribution in [0.3, 0.4) is 0 Å². The molecule has 4 rings (SSSR count). The van der Waals surface area contributed by atoms with Gasteiger partial charge in [0.2, 0.25) is 5.43 Å². The highest BCUT2D eigenvalue weighted by atomic mass is 19.1. The number of carbonyl (C=O) groups is 2. The van der Waals surface area contributed by atoms with Gasteiger partial charge >= 0.3 is 5.97 Å². The average Bonchev–Trinajstić information content (AvgIpc) is 2.72. The molecule has 2 aliphatic rings. The zero-order valence-corrected chi connectivity index (χ0v) is 17.4. The topological polar surface area (TPSA) is 92.1 Å². The van der Waals surface area contributed by atoms with Gasteiger partial charge in [0.15, 0.2) is 11.6 Å². The number of piperazine rings is 1. The number of nitrogens with zero attached hydrogens (tertiary/aromatic N) is 3. The van der Waals surface area contributed by atoms with Crippen LogP contribution in [-0.2, 0) is 4.79 Å². The van der Waals surface area contributed by atoms with Crippen LogP contribution >= 0.6 is 0 Å². The quantitative estimate of drug-likeness (QED) is 0.762. The van der Waals surface area contributed by atoms with Crippen LogP contribution in [0.25, 0.3) is 10.9 Å². The fraction of sp³-hybridized carbons (Fsp3) is 0.476. The Bertz CT molecular complexity index is 1030. The zero-order valence-electron chi connectivity index (χ0n) is 17.4. The van der Waals surface area contributed by atoms with Gasteiger partial charge in [-0.1, -0.05) is 6.92 Å². The minimum absolute atomic E-state index is 0.0434. The van der Waals surface area contributed by atoms with Crippen molar-refractivity contribution in [3.63, 3.8) is 0 Å². The van der Waals surface area contributed by atoms with Crippen molar-refractivity contribution in [1.82, 2.24) is 9.47 Å². The molecule has 8 nitrogen and oxygen atoms in total. The maximum absolute atomic E-state index is 15.0. The number of aldehydes is 1. The molecule has 1 atom stereocenters. The molecular weight excluding hydrogens is 393 g/mol.